The molecule has 0 fully saturated rings. The van der Waals surface area contributed by atoms with Gasteiger partial charge in [-0.25, -0.2) is 0 Å². The van der Waals surface area contributed by atoms with Crippen LogP contribution in [0, 0.1) is 29.7 Å². The number of benzene rings is 3. The summed E-state index contributed by atoms with van der Waals surface area (Å²) in [5.41, 5.74) is 6.26. The van der Waals surface area contributed by atoms with E-state index in [2.05, 4.69) is 108 Å². The van der Waals surface area contributed by atoms with Crippen LogP contribution >= 0.6 is 11.3 Å². The van der Waals surface area contributed by atoms with E-state index >= 15 is 0 Å². The van der Waals surface area contributed by atoms with Gasteiger partial charge in [-0.1, -0.05) is 111 Å². The Balaban J connectivity index is 0.000000320. The Morgan fingerprint density at radius 2 is 1.53 bits per heavy atom. The molecule has 55 heavy (non-hydrogen) atoms. The molecular formula is C49H60IrNO3S-. The second-order valence-electron chi connectivity index (χ2n) is 17.0. The van der Waals surface area contributed by atoms with Gasteiger partial charge in [-0.2, -0.15) is 0 Å². The summed E-state index contributed by atoms with van der Waals surface area (Å²) in [7, 11) is 0. The van der Waals surface area contributed by atoms with Crippen molar-refractivity contribution in [2.75, 3.05) is 0 Å². The molecular weight excluding hydrogens is 875 g/mol. The Morgan fingerprint density at radius 3 is 2.15 bits per heavy atom. The van der Waals surface area contributed by atoms with Crippen LogP contribution in [0.15, 0.2) is 83.1 Å². The van der Waals surface area contributed by atoms with Crippen LogP contribution in [0.4, 0.5) is 0 Å². The summed E-state index contributed by atoms with van der Waals surface area (Å²) in [6, 6.07) is 25.5. The zero-order valence-corrected chi connectivity index (χ0v) is 38.2. The van der Waals surface area contributed by atoms with Gasteiger partial charge < -0.3 is 9.52 Å². The van der Waals surface area contributed by atoms with Gasteiger partial charge in [0.2, 0.25) is 0 Å². The van der Waals surface area contributed by atoms with E-state index in [1.165, 1.54) is 38.2 Å². The Labute approximate surface area is 347 Å². The number of fused-ring (bicyclic) bond motifs is 3. The molecule has 0 atom stereocenters. The molecule has 3 aromatic heterocycles. The van der Waals surface area contributed by atoms with Gasteiger partial charge in [0, 0.05) is 64.6 Å². The summed E-state index contributed by atoms with van der Waals surface area (Å²) in [6.45, 7) is 25.6. The molecule has 4 nitrogen and oxygen atoms in total. The van der Waals surface area contributed by atoms with Crippen molar-refractivity contribution >= 4 is 48.9 Å². The second kappa shape index (κ2) is 17.7. The standard InChI is InChI=1S/C34H32NOS.C15H28O2.Ir/c1-20(2)15-22-11-12-29-26(16-22)21(3)33(36-29)31-19-27-30(37-31)13-14-35-32(27)24-17-23-9-7-8-10-25(23)28(18-24)34(4,5)6;1-7-14(5,8-2)12(16)11-13(17)15(6,9-3)10-4;/h7-14,16,18-20H,15H2,1-6H3;11,16H,7-10H2,1-6H3;/q-1;;/b;12-11-;. The van der Waals surface area contributed by atoms with Crippen molar-refractivity contribution in [1.29, 1.82) is 0 Å². The minimum atomic E-state index is -0.337. The first kappa shape index (κ1) is 44.1. The molecule has 3 aromatic carbocycles. The van der Waals surface area contributed by atoms with E-state index in [9.17, 15) is 9.90 Å². The summed E-state index contributed by atoms with van der Waals surface area (Å²) in [5.74, 6) is 1.87. The van der Waals surface area contributed by atoms with Crippen LogP contribution in [-0.4, -0.2) is 15.9 Å². The number of hydrogen-bond acceptors (Lipinski definition) is 5. The van der Waals surface area contributed by atoms with Gasteiger partial charge >= 0.3 is 0 Å². The molecule has 0 aliphatic rings. The molecule has 6 heteroatoms. The van der Waals surface area contributed by atoms with E-state index in [4.69, 9.17) is 9.40 Å². The summed E-state index contributed by atoms with van der Waals surface area (Å²) >= 11 is 1.77. The summed E-state index contributed by atoms with van der Waals surface area (Å²) in [5, 5.41) is 14.9. The van der Waals surface area contributed by atoms with Crippen molar-refractivity contribution in [3.05, 3.63) is 101 Å². The number of nitrogens with zero attached hydrogens (tertiary/aromatic N) is 1. The van der Waals surface area contributed by atoms with E-state index in [1.807, 2.05) is 47.7 Å². The Hall–Kier alpha value is -3.57. The second-order valence-corrected chi connectivity index (χ2v) is 18.1. The molecule has 0 saturated carbocycles. The average molecular weight is 935 g/mol. The SMILES string of the molecule is CCC(C)(CC)C(=O)/C=C(\O)C(C)(CC)CC.Cc1c(-c2cc3c(-c4[c-]c5ccccc5c(C(C)(C)C)c4)nccc3s2)oc2ccc(CC(C)C)cc12.[Ir]. The van der Waals surface area contributed by atoms with Crippen LogP contribution in [0.1, 0.15) is 119 Å². The predicted octanol–water partition coefficient (Wildman–Crippen LogP) is 14.8. The molecule has 0 bridgehead atoms. The normalized spacial score (nSPS) is 12.6. The van der Waals surface area contributed by atoms with Crippen molar-refractivity contribution < 1.29 is 34.4 Å². The van der Waals surface area contributed by atoms with Crippen LogP contribution < -0.4 is 0 Å². The van der Waals surface area contributed by atoms with Crippen molar-refractivity contribution in [2.24, 2.45) is 16.7 Å². The van der Waals surface area contributed by atoms with Gasteiger partial charge in [-0.15, -0.1) is 40.5 Å². The van der Waals surface area contributed by atoms with Crippen LogP contribution in [-0.2, 0) is 36.7 Å². The number of furan rings is 1. The molecule has 6 aromatic rings. The fourth-order valence-electron chi connectivity index (χ4n) is 7.05. The topological polar surface area (TPSA) is 63.3 Å². The molecule has 3 heterocycles. The van der Waals surface area contributed by atoms with Crippen LogP contribution in [0.2, 0.25) is 0 Å². The van der Waals surface area contributed by atoms with Gasteiger partial charge in [-0.3, -0.25) is 9.78 Å². The van der Waals surface area contributed by atoms with Crippen molar-refractivity contribution in [3.8, 4) is 21.9 Å². The van der Waals surface area contributed by atoms with Crippen molar-refractivity contribution in [1.82, 2.24) is 4.98 Å². The number of aryl methyl sites for hydroxylation is 1. The zero-order valence-electron chi connectivity index (χ0n) is 35.0. The number of aliphatic hydroxyl groups excluding tert-OH is 1. The molecule has 0 saturated heterocycles. The number of carbonyl (C=O) groups is 1. The number of aliphatic hydroxyl groups is 1. The molecule has 0 aliphatic carbocycles. The number of allylic oxidation sites excluding steroid dienone is 2. The maximum atomic E-state index is 12.2. The number of thiophene rings is 1. The quantitative estimate of drug-likeness (QED) is 0.0799. The molecule has 1 N–H and O–H groups in total. The Kier molecular flexibility index (Phi) is 14.2. The molecule has 0 amide bonds. The average Bonchev–Trinajstić information content (AvgIpc) is 3.73. The first-order chi connectivity index (χ1) is 25.5. The largest absolute Gasteiger partial charge is 0.512 e. The molecule has 0 unspecified atom stereocenters. The van der Waals surface area contributed by atoms with Gasteiger partial charge in [0.05, 0.1) is 4.88 Å². The third-order valence-corrected chi connectivity index (χ3v) is 12.9. The van der Waals surface area contributed by atoms with Crippen LogP contribution in [0.5, 0.6) is 0 Å². The minimum absolute atomic E-state index is 0. The van der Waals surface area contributed by atoms with Gasteiger partial charge in [0.15, 0.2) is 5.78 Å². The van der Waals surface area contributed by atoms with E-state index in [0.29, 0.717) is 5.92 Å². The fraction of sp³-hybridized carbons (Fsp3) is 0.429. The number of ketones is 1. The Morgan fingerprint density at radius 1 is 0.873 bits per heavy atom. The molecule has 1 radical (unpaired) electrons. The van der Waals surface area contributed by atoms with Crippen LogP contribution in [0.25, 0.3) is 53.7 Å². The van der Waals surface area contributed by atoms with Crippen molar-refractivity contribution in [3.63, 3.8) is 0 Å². The summed E-state index contributed by atoms with van der Waals surface area (Å²) in [4.78, 5) is 18.2. The molecule has 6 rings (SSSR count). The minimum Gasteiger partial charge on any atom is -0.512 e. The van der Waals surface area contributed by atoms with E-state index in [-0.39, 0.29) is 47.9 Å². The van der Waals surface area contributed by atoms with E-state index in [1.54, 1.807) is 11.3 Å². The third-order valence-electron chi connectivity index (χ3n) is 11.8. The zero-order chi connectivity index (χ0) is 39.6. The number of pyridine rings is 1. The molecule has 0 aliphatic heterocycles. The fourth-order valence-corrected chi connectivity index (χ4v) is 8.15. The van der Waals surface area contributed by atoms with Crippen LogP contribution in [0.3, 0.4) is 0 Å². The number of aromatic nitrogens is 1. The van der Waals surface area contributed by atoms with E-state index < -0.39 is 0 Å². The molecule has 0 spiro atoms. The maximum Gasteiger partial charge on any atom is 0.164 e. The summed E-state index contributed by atoms with van der Waals surface area (Å²) < 4.78 is 7.63. The third kappa shape index (κ3) is 9.36. The van der Waals surface area contributed by atoms with Gasteiger partial charge in [0.25, 0.3) is 0 Å². The molecule has 295 valence electrons. The number of carbonyl (C=O) groups excluding carboxylic acids is 1. The smallest absolute Gasteiger partial charge is 0.164 e. The Bertz CT molecular complexity index is 2290. The maximum absolute atomic E-state index is 12.2. The van der Waals surface area contributed by atoms with Gasteiger partial charge in [-0.05, 0) is 85.6 Å². The van der Waals surface area contributed by atoms with Crippen molar-refractivity contribution in [2.45, 2.75) is 121 Å². The number of hydrogen-bond donors (Lipinski definition) is 1. The predicted molar refractivity (Wildman–Crippen MR) is 232 cm³/mol. The van der Waals surface area contributed by atoms with E-state index in [0.717, 1.165) is 70.4 Å². The first-order valence-electron chi connectivity index (χ1n) is 19.8. The van der Waals surface area contributed by atoms with Gasteiger partial charge in [0.1, 0.15) is 17.1 Å². The first-order valence-corrected chi connectivity index (χ1v) is 20.6. The summed E-state index contributed by atoms with van der Waals surface area (Å²) in [6.07, 6.45) is 7.75. The number of rotatable bonds is 11. The monoisotopic (exact) mass is 935 g/mol.